The Bertz CT molecular complexity index is 791. The van der Waals surface area contributed by atoms with E-state index in [0.717, 1.165) is 18.5 Å². The zero-order valence-electron chi connectivity index (χ0n) is 16.5. The van der Waals surface area contributed by atoms with E-state index in [1.54, 1.807) is 12.0 Å². The van der Waals surface area contributed by atoms with Crippen molar-refractivity contribution in [2.45, 2.75) is 33.6 Å². The Balaban J connectivity index is 1.72. The van der Waals surface area contributed by atoms with Gasteiger partial charge in [-0.3, -0.25) is 4.79 Å². The molecule has 1 atom stereocenters. The highest BCUT2D eigenvalue weighted by Crippen LogP contribution is 2.37. The highest BCUT2D eigenvalue weighted by molar-refractivity contribution is 5.79. The van der Waals surface area contributed by atoms with E-state index in [2.05, 4.69) is 31.8 Å². The van der Waals surface area contributed by atoms with Crippen LogP contribution in [0.5, 0.6) is 6.08 Å². The van der Waals surface area contributed by atoms with Crippen LogP contribution in [0.3, 0.4) is 0 Å². The van der Waals surface area contributed by atoms with Crippen LogP contribution in [-0.2, 0) is 9.53 Å². The fourth-order valence-electron chi connectivity index (χ4n) is 3.81. The second kappa shape index (κ2) is 8.13. The van der Waals surface area contributed by atoms with Crippen molar-refractivity contribution in [1.29, 1.82) is 0 Å². The van der Waals surface area contributed by atoms with Gasteiger partial charge in [0.05, 0.1) is 6.61 Å². The molecule has 1 aromatic heterocycles. The lowest BCUT2D eigenvalue weighted by atomic mass is 9.76. The van der Waals surface area contributed by atoms with Crippen LogP contribution >= 0.6 is 0 Å². The standard InChI is InChI=1S/C21H28N2O4/c1-15-11-16(13-21(2,3)12-15)23(9-10-25-4)19(24)14-26-20-22-17-7-5-6-8-18(17)27-20/h5-8,13,15H,9-12,14H2,1-4H3. The van der Waals surface area contributed by atoms with E-state index in [1.165, 1.54) is 0 Å². The molecular formula is C21H28N2O4. The highest BCUT2D eigenvalue weighted by atomic mass is 16.6. The Morgan fingerprint density at radius 1 is 1.37 bits per heavy atom. The number of aromatic nitrogens is 1. The molecule has 27 heavy (non-hydrogen) atoms. The summed E-state index contributed by atoms with van der Waals surface area (Å²) in [4.78, 5) is 18.9. The summed E-state index contributed by atoms with van der Waals surface area (Å²) in [6, 6.07) is 7.41. The number of hydrogen-bond acceptors (Lipinski definition) is 5. The Kier molecular flexibility index (Phi) is 5.85. The topological polar surface area (TPSA) is 64.8 Å². The molecule has 0 bridgehead atoms. The number of oxazole rings is 1. The zero-order chi connectivity index (χ0) is 19.4. The number of methoxy groups -OCH3 is 1. The third kappa shape index (κ3) is 4.89. The molecule has 1 aromatic carbocycles. The zero-order valence-corrected chi connectivity index (χ0v) is 16.5. The average molecular weight is 372 g/mol. The number of amides is 1. The first-order chi connectivity index (χ1) is 12.9. The maximum Gasteiger partial charge on any atom is 0.395 e. The molecule has 6 nitrogen and oxygen atoms in total. The predicted octanol–water partition coefficient (Wildman–Crippen LogP) is 4.02. The number of benzene rings is 1. The monoisotopic (exact) mass is 372 g/mol. The number of hydrogen-bond donors (Lipinski definition) is 0. The van der Waals surface area contributed by atoms with Gasteiger partial charge < -0.3 is 18.8 Å². The molecule has 0 saturated heterocycles. The van der Waals surface area contributed by atoms with Crippen molar-refractivity contribution in [3.63, 3.8) is 0 Å². The van der Waals surface area contributed by atoms with E-state index in [9.17, 15) is 4.79 Å². The second-order valence-corrected chi connectivity index (χ2v) is 7.91. The Morgan fingerprint density at radius 3 is 2.85 bits per heavy atom. The average Bonchev–Trinajstić information content (AvgIpc) is 3.01. The number of carbonyl (C=O) groups is 1. The van der Waals surface area contributed by atoms with Crippen molar-refractivity contribution in [2.24, 2.45) is 11.3 Å². The van der Waals surface area contributed by atoms with Crippen molar-refractivity contribution in [3.05, 3.63) is 36.0 Å². The first kappa shape index (κ1) is 19.4. The Morgan fingerprint density at radius 2 is 2.15 bits per heavy atom. The van der Waals surface area contributed by atoms with Gasteiger partial charge in [-0.05, 0) is 36.3 Å². The number of ether oxygens (including phenoxy) is 2. The van der Waals surface area contributed by atoms with Crippen LogP contribution in [-0.4, -0.2) is 42.7 Å². The molecule has 1 aliphatic rings. The lowest BCUT2D eigenvalue weighted by Crippen LogP contribution is -2.39. The molecule has 3 rings (SSSR count). The van der Waals surface area contributed by atoms with E-state index in [1.807, 2.05) is 24.3 Å². The molecule has 0 radical (unpaired) electrons. The summed E-state index contributed by atoms with van der Waals surface area (Å²) >= 11 is 0. The summed E-state index contributed by atoms with van der Waals surface area (Å²) in [6.07, 6.45) is 4.31. The van der Waals surface area contributed by atoms with Gasteiger partial charge >= 0.3 is 6.08 Å². The third-order valence-corrected chi connectivity index (χ3v) is 4.75. The number of fused-ring (bicyclic) bond motifs is 1. The van der Waals surface area contributed by atoms with Crippen molar-refractivity contribution >= 4 is 17.0 Å². The molecule has 1 amide bonds. The van der Waals surface area contributed by atoms with Gasteiger partial charge in [0.2, 0.25) is 0 Å². The van der Waals surface area contributed by atoms with E-state index in [-0.39, 0.29) is 24.0 Å². The van der Waals surface area contributed by atoms with Gasteiger partial charge in [-0.25, -0.2) is 0 Å². The number of rotatable bonds is 7. The summed E-state index contributed by atoms with van der Waals surface area (Å²) in [5, 5.41) is 0. The van der Waals surface area contributed by atoms with Gasteiger partial charge in [0.1, 0.15) is 5.52 Å². The molecule has 2 aromatic rings. The normalized spacial score (nSPS) is 19.0. The number of carbonyl (C=O) groups excluding carboxylic acids is 1. The van der Waals surface area contributed by atoms with Gasteiger partial charge in [-0.15, -0.1) is 0 Å². The minimum absolute atomic E-state index is 0.0692. The minimum Gasteiger partial charge on any atom is -0.440 e. The summed E-state index contributed by atoms with van der Waals surface area (Å²) in [5.74, 6) is 0.404. The summed E-state index contributed by atoms with van der Waals surface area (Å²) in [7, 11) is 1.64. The van der Waals surface area contributed by atoms with E-state index >= 15 is 0 Å². The Labute approximate surface area is 160 Å². The van der Waals surface area contributed by atoms with Crippen LogP contribution in [0.4, 0.5) is 0 Å². The summed E-state index contributed by atoms with van der Waals surface area (Å²) < 4.78 is 16.3. The van der Waals surface area contributed by atoms with Crippen molar-refractivity contribution in [1.82, 2.24) is 9.88 Å². The lowest BCUT2D eigenvalue weighted by molar-refractivity contribution is -0.132. The molecule has 0 fully saturated rings. The third-order valence-electron chi connectivity index (χ3n) is 4.75. The molecule has 6 heteroatoms. The summed E-state index contributed by atoms with van der Waals surface area (Å²) in [6.45, 7) is 7.49. The van der Waals surface area contributed by atoms with Crippen molar-refractivity contribution in [2.75, 3.05) is 26.9 Å². The van der Waals surface area contributed by atoms with Crippen LogP contribution in [0.1, 0.15) is 33.6 Å². The van der Waals surface area contributed by atoms with Crippen LogP contribution in [0.15, 0.2) is 40.5 Å². The Hall–Kier alpha value is -2.34. The number of nitrogens with zero attached hydrogens (tertiary/aromatic N) is 2. The fourth-order valence-corrected chi connectivity index (χ4v) is 3.81. The van der Waals surface area contributed by atoms with E-state index in [4.69, 9.17) is 13.9 Å². The maximum atomic E-state index is 12.9. The largest absolute Gasteiger partial charge is 0.440 e. The first-order valence-electron chi connectivity index (χ1n) is 9.37. The SMILES string of the molecule is COCCN(C(=O)COc1nc2ccccc2o1)C1=CC(C)(C)CC(C)C1. The second-order valence-electron chi connectivity index (χ2n) is 7.91. The summed E-state index contributed by atoms with van der Waals surface area (Å²) in [5.41, 5.74) is 2.46. The lowest BCUT2D eigenvalue weighted by Gasteiger charge is -2.36. The first-order valence-corrected chi connectivity index (χ1v) is 9.37. The predicted molar refractivity (Wildman–Crippen MR) is 103 cm³/mol. The molecule has 0 N–H and O–H groups in total. The number of para-hydroxylation sites is 2. The minimum atomic E-state index is -0.122. The number of allylic oxidation sites excluding steroid dienone is 2. The van der Waals surface area contributed by atoms with E-state index in [0.29, 0.717) is 30.2 Å². The van der Waals surface area contributed by atoms with Crippen molar-refractivity contribution < 1.29 is 18.7 Å². The molecule has 0 aliphatic heterocycles. The van der Waals surface area contributed by atoms with E-state index < -0.39 is 0 Å². The van der Waals surface area contributed by atoms with Crippen molar-refractivity contribution in [3.8, 4) is 6.08 Å². The van der Waals surface area contributed by atoms with Crippen LogP contribution in [0, 0.1) is 11.3 Å². The maximum absolute atomic E-state index is 12.9. The molecule has 0 spiro atoms. The highest BCUT2D eigenvalue weighted by Gasteiger charge is 2.30. The van der Waals surface area contributed by atoms with Gasteiger partial charge in [-0.1, -0.05) is 39.0 Å². The molecule has 146 valence electrons. The van der Waals surface area contributed by atoms with Gasteiger partial charge in [0.15, 0.2) is 12.2 Å². The van der Waals surface area contributed by atoms with Gasteiger partial charge in [-0.2, -0.15) is 4.98 Å². The fraction of sp³-hybridized carbons (Fsp3) is 0.524. The van der Waals surface area contributed by atoms with Gasteiger partial charge in [0.25, 0.3) is 5.91 Å². The molecule has 1 heterocycles. The van der Waals surface area contributed by atoms with Crippen LogP contribution in [0.2, 0.25) is 0 Å². The quantitative estimate of drug-likeness (QED) is 0.734. The van der Waals surface area contributed by atoms with Gasteiger partial charge in [0, 0.05) is 19.4 Å². The van der Waals surface area contributed by atoms with Crippen LogP contribution in [0.25, 0.3) is 11.1 Å². The van der Waals surface area contributed by atoms with Crippen LogP contribution < -0.4 is 4.74 Å². The molecule has 0 saturated carbocycles. The molecular weight excluding hydrogens is 344 g/mol. The molecule has 1 unspecified atom stereocenters. The molecule has 1 aliphatic carbocycles. The smallest absolute Gasteiger partial charge is 0.395 e.